The van der Waals surface area contributed by atoms with Crippen LogP contribution in [0.2, 0.25) is 0 Å². The lowest BCUT2D eigenvalue weighted by Crippen LogP contribution is -2.28. The Morgan fingerprint density at radius 1 is 1.26 bits per heavy atom. The maximum atomic E-state index is 11.8. The number of nitrogens with zero attached hydrogens (tertiary/aromatic N) is 4. The van der Waals surface area contributed by atoms with Crippen LogP contribution >= 0.6 is 0 Å². The fourth-order valence-corrected chi connectivity index (χ4v) is 2.03. The average Bonchev–Trinajstić information content (AvgIpc) is 3.19. The molecule has 118 valence electrons. The molecule has 0 saturated carbocycles. The van der Waals surface area contributed by atoms with E-state index in [4.69, 9.17) is 4.52 Å². The lowest BCUT2D eigenvalue weighted by molar-refractivity contribution is 0.251. The van der Waals surface area contributed by atoms with E-state index in [0.717, 1.165) is 11.1 Å². The molecule has 0 aliphatic carbocycles. The van der Waals surface area contributed by atoms with Gasteiger partial charge in [-0.25, -0.2) is 14.5 Å². The van der Waals surface area contributed by atoms with Gasteiger partial charge in [-0.05, 0) is 18.1 Å². The number of aryl methyl sites for hydroxylation is 1. The summed E-state index contributed by atoms with van der Waals surface area (Å²) in [4.78, 5) is 15.7. The molecule has 0 aliphatic rings. The minimum absolute atomic E-state index is 0.329. The normalized spacial score (nSPS) is 10.5. The maximum Gasteiger partial charge on any atom is 0.320 e. The van der Waals surface area contributed by atoms with Crippen molar-refractivity contribution in [2.45, 2.75) is 20.0 Å². The van der Waals surface area contributed by atoms with Crippen LogP contribution in [-0.2, 0) is 13.1 Å². The number of carbonyl (C=O) groups is 1. The summed E-state index contributed by atoms with van der Waals surface area (Å²) in [5, 5.41) is 13.1. The van der Waals surface area contributed by atoms with Crippen molar-refractivity contribution in [3.8, 4) is 0 Å². The highest BCUT2D eigenvalue weighted by molar-refractivity contribution is 5.88. The molecular weight excluding hydrogens is 296 g/mol. The van der Waals surface area contributed by atoms with Crippen LogP contribution in [0.5, 0.6) is 0 Å². The van der Waals surface area contributed by atoms with E-state index in [2.05, 4.69) is 25.9 Å². The van der Waals surface area contributed by atoms with Gasteiger partial charge in [0.05, 0.1) is 6.54 Å². The van der Waals surface area contributed by atoms with Gasteiger partial charge in [-0.1, -0.05) is 29.4 Å². The van der Waals surface area contributed by atoms with Crippen molar-refractivity contribution in [3.63, 3.8) is 0 Å². The Morgan fingerprint density at radius 3 is 2.70 bits per heavy atom. The molecule has 8 heteroatoms. The Hall–Kier alpha value is -3.16. The molecule has 2 N–H and O–H groups in total. The van der Waals surface area contributed by atoms with Crippen LogP contribution in [0, 0.1) is 6.92 Å². The number of nitrogens with one attached hydrogen (secondary N) is 2. The fourth-order valence-electron chi connectivity index (χ4n) is 2.03. The topological polar surface area (TPSA) is 97.9 Å². The van der Waals surface area contributed by atoms with Crippen molar-refractivity contribution in [2.75, 3.05) is 5.32 Å². The van der Waals surface area contributed by atoms with Crippen LogP contribution in [0.4, 0.5) is 10.6 Å². The molecule has 0 radical (unpaired) electrons. The van der Waals surface area contributed by atoms with Crippen LogP contribution in [0.1, 0.15) is 16.9 Å². The van der Waals surface area contributed by atoms with Gasteiger partial charge < -0.3 is 9.84 Å². The van der Waals surface area contributed by atoms with Crippen molar-refractivity contribution < 1.29 is 9.32 Å². The molecule has 3 aromatic rings. The average molecular weight is 312 g/mol. The summed E-state index contributed by atoms with van der Waals surface area (Å²) in [6.07, 6.45) is 3.18. The van der Waals surface area contributed by atoms with E-state index in [1.54, 1.807) is 24.0 Å². The number of aromatic nitrogens is 4. The van der Waals surface area contributed by atoms with E-state index >= 15 is 0 Å². The molecule has 2 amide bonds. The molecule has 0 saturated heterocycles. The second kappa shape index (κ2) is 6.73. The van der Waals surface area contributed by atoms with Gasteiger partial charge in [0.25, 0.3) is 0 Å². The smallest absolute Gasteiger partial charge is 0.320 e. The summed E-state index contributed by atoms with van der Waals surface area (Å²) >= 11 is 0. The quantitative estimate of drug-likeness (QED) is 0.750. The molecule has 0 unspecified atom stereocenters. The zero-order valence-electron chi connectivity index (χ0n) is 12.6. The highest BCUT2D eigenvalue weighted by atomic mass is 16.5. The van der Waals surface area contributed by atoms with Gasteiger partial charge in [-0.2, -0.15) is 5.10 Å². The third-order valence-corrected chi connectivity index (χ3v) is 3.16. The van der Waals surface area contributed by atoms with Gasteiger partial charge in [-0.3, -0.25) is 5.32 Å². The number of benzene rings is 1. The summed E-state index contributed by atoms with van der Waals surface area (Å²) in [6, 6.07) is 9.25. The summed E-state index contributed by atoms with van der Waals surface area (Å²) < 4.78 is 6.63. The summed E-state index contributed by atoms with van der Waals surface area (Å²) in [6.45, 7) is 2.85. The largest absolute Gasteiger partial charge is 0.360 e. The third kappa shape index (κ3) is 4.16. The summed E-state index contributed by atoms with van der Waals surface area (Å²) in [7, 11) is 0. The predicted octanol–water partition coefficient (Wildman–Crippen LogP) is 1.94. The van der Waals surface area contributed by atoms with Crippen molar-refractivity contribution in [1.82, 2.24) is 25.2 Å². The van der Waals surface area contributed by atoms with Crippen LogP contribution < -0.4 is 10.6 Å². The molecular formula is C15H16N6O2. The van der Waals surface area contributed by atoms with Gasteiger partial charge in [0.2, 0.25) is 0 Å². The molecule has 0 spiro atoms. The van der Waals surface area contributed by atoms with Gasteiger partial charge >= 0.3 is 6.03 Å². The van der Waals surface area contributed by atoms with Crippen molar-refractivity contribution in [2.24, 2.45) is 0 Å². The SMILES string of the molecule is Cc1cc(NC(=O)NCc2ccc(Cn3cncn3)cc2)no1. The minimum Gasteiger partial charge on any atom is -0.360 e. The number of amides is 2. The fraction of sp³-hybridized carbons (Fsp3) is 0.200. The number of carbonyl (C=O) groups excluding carboxylic acids is 1. The highest BCUT2D eigenvalue weighted by Crippen LogP contribution is 2.08. The first-order chi connectivity index (χ1) is 11.2. The van der Waals surface area contributed by atoms with Gasteiger partial charge in [0, 0.05) is 12.6 Å². The maximum absolute atomic E-state index is 11.8. The first-order valence-electron chi connectivity index (χ1n) is 7.07. The number of hydrogen-bond donors (Lipinski definition) is 2. The van der Waals surface area contributed by atoms with Gasteiger partial charge in [-0.15, -0.1) is 0 Å². The zero-order valence-corrected chi connectivity index (χ0v) is 12.6. The standard InChI is InChI=1S/C15H16N6O2/c1-11-6-14(20-23-11)19-15(22)17-7-12-2-4-13(5-3-12)8-21-10-16-9-18-21/h2-6,9-10H,7-8H2,1H3,(H2,17,19,20,22). The Morgan fingerprint density at radius 2 is 2.04 bits per heavy atom. The van der Waals surface area contributed by atoms with E-state index in [-0.39, 0.29) is 6.03 Å². The number of anilines is 1. The molecule has 0 fully saturated rings. The number of urea groups is 1. The van der Waals surface area contributed by atoms with E-state index in [0.29, 0.717) is 24.7 Å². The number of hydrogen-bond acceptors (Lipinski definition) is 5. The molecule has 0 bridgehead atoms. The lowest BCUT2D eigenvalue weighted by atomic mass is 10.1. The minimum atomic E-state index is -0.329. The van der Waals surface area contributed by atoms with E-state index in [1.807, 2.05) is 24.3 Å². The van der Waals surface area contributed by atoms with Crippen LogP contribution in [0.3, 0.4) is 0 Å². The molecule has 1 aromatic carbocycles. The second-order valence-corrected chi connectivity index (χ2v) is 5.04. The monoisotopic (exact) mass is 312 g/mol. The van der Waals surface area contributed by atoms with Gasteiger partial charge in [0.15, 0.2) is 5.82 Å². The Kier molecular flexibility index (Phi) is 4.32. The van der Waals surface area contributed by atoms with Crippen LogP contribution in [0.15, 0.2) is 47.5 Å². The molecule has 2 heterocycles. The molecule has 2 aromatic heterocycles. The molecule has 0 aliphatic heterocycles. The first kappa shape index (κ1) is 14.8. The Balaban J connectivity index is 1.49. The molecule has 0 atom stereocenters. The highest BCUT2D eigenvalue weighted by Gasteiger charge is 2.05. The lowest BCUT2D eigenvalue weighted by Gasteiger charge is -2.07. The van der Waals surface area contributed by atoms with Crippen LogP contribution in [-0.4, -0.2) is 26.0 Å². The van der Waals surface area contributed by atoms with E-state index in [1.165, 1.54) is 6.33 Å². The van der Waals surface area contributed by atoms with E-state index < -0.39 is 0 Å². The zero-order chi connectivity index (χ0) is 16.1. The second-order valence-electron chi connectivity index (χ2n) is 5.04. The molecule has 3 rings (SSSR count). The van der Waals surface area contributed by atoms with Crippen molar-refractivity contribution in [1.29, 1.82) is 0 Å². The van der Waals surface area contributed by atoms with Gasteiger partial charge in [0.1, 0.15) is 18.4 Å². The Labute approximate surface area is 132 Å². The first-order valence-corrected chi connectivity index (χ1v) is 7.07. The van der Waals surface area contributed by atoms with E-state index in [9.17, 15) is 4.79 Å². The molecule has 8 nitrogen and oxygen atoms in total. The molecule has 23 heavy (non-hydrogen) atoms. The van der Waals surface area contributed by atoms with Crippen molar-refractivity contribution >= 4 is 11.8 Å². The summed E-state index contributed by atoms with van der Waals surface area (Å²) in [5.74, 6) is 1.03. The number of rotatable bonds is 5. The third-order valence-electron chi connectivity index (χ3n) is 3.16. The van der Waals surface area contributed by atoms with Crippen LogP contribution in [0.25, 0.3) is 0 Å². The Bertz CT molecular complexity index is 764. The summed E-state index contributed by atoms with van der Waals surface area (Å²) in [5.41, 5.74) is 2.11. The predicted molar refractivity (Wildman–Crippen MR) is 82.7 cm³/mol. The van der Waals surface area contributed by atoms with Crippen molar-refractivity contribution in [3.05, 3.63) is 59.9 Å².